The number of hydrogen-bond acceptors (Lipinski definition) is 5. The molecule has 176 valence electrons. The fraction of sp³-hybridized carbons (Fsp3) is 0.208. The number of aryl methyl sites for hydroxylation is 2. The normalized spacial score (nSPS) is 11.0. The molecule has 2 aromatic heterocycles. The van der Waals surface area contributed by atoms with Crippen molar-refractivity contribution in [1.29, 1.82) is 0 Å². The van der Waals surface area contributed by atoms with Crippen LogP contribution in [0.5, 0.6) is 5.75 Å². The van der Waals surface area contributed by atoms with Crippen LogP contribution in [0.4, 0.5) is 14.5 Å². The molecule has 0 spiro atoms. The fourth-order valence-corrected chi connectivity index (χ4v) is 3.67. The lowest BCUT2D eigenvalue weighted by atomic mass is 10.2. The van der Waals surface area contributed by atoms with E-state index in [1.807, 2.05) is 0 Å². The third-order valence-corrected chi connectivity index (χ3v) is 5.70. The van der Waals surface area contributed by atoms with E-state index >= 15 is 0 Å². The third kappa shape index (κ3) is 4.94. The number of ether oxygens (including phenoxy) is 1. The van der Waals surface area contributed by atoms with Gasteiger partial charge in [0.25, 0.3) is 5.91 Å². The van der Waals surface area contributed by atoms with E-state index in [1.165, 1.54) is 36.4 Å². The molecule has 0 fully saturated rings. The van der Waals surface area contributed by atoms with Crippen LogP contribution in [0.1, 0.15) is 38.8 Å². The molecule has 1 amide bonds. The van der Waals surface area contributed by atoms with Gasteiger partial charge in [-0.2, -0.15) is 5.10 Å². The van der Waals surface area contributed by atoms with Crippen LogP contribution in [0, 0.1) is 32.4 Å². The standard InChI is InChI=1S/C24H21ClF2N4O3/c1-13-22(14(2)31(29-13)11-16-4-5-18(27)10-21(16)25)28-24(32)23-20(15(3)34-30-23)12-33-19-8-6-17(26)7-9-19/h4-10H,11-12H2,1-3H3,(H,28,32). The van der Waals surface area contributed by atoms with E-state index in [2.05, 4.69) is 15.6 Å². The van der Waals surface area contributed by atoms with Gasteiger partial charge in [0, 0.05) is 5.02 Å². The van der Waals surface area contributed by atoms with Crippen molar-refractivity contribution in [2.45, 2.75) is 33.9 Å². The molecule has 0 atom stereocenters. The van der Waals surface area contributed by atoms with E-state index in [0.717, 1.165) is 0 Å². The smallest absolute Gasteiger partial charge is 0.278 e. The quantitative estimate of drug-likeness (QED) is 0.367. The third-order valence-electron chi connectivity index (χ3n) is 5.35. The van der Waals surface area contributed by atoms with Gasteiger partial charge in [-0.15, -0.1) is 0 Å². The monoisotopic (exact) mass is 486 g/mol. The lowest BCUT2D eigenvalue weighted by molar-refractivity contribution is 0.101. The molecule has 0 aliphatic rings. The second kappa shape index (κ2) is 9.64. The maximum atomic E-state index is 13.3. The van der Waals surface area contributed by atoms with Gasteiger partial charge in [-0.3, -0.25) is 9.48 Å². The van der Waals surface area contributed by atoms with E-state index in [4.69, 9.17) is 20.9 Å². The Morgan fingerprint density at radius 2 is 1.82 bits per heavy atom. The topological polar surface area (TPSA) is 82.2 Å². The van der Waals surface area contributed by atoms with E-state index in [1.54, 1.807) is 31.5 Å². The lowest BCUT2D eigenvalue weighted by Gasteiger charge is -2.09. The first-order chi connectivity index (χ1) is 16.2. The van der Waals surface area contributed by atoms with Crippen LogP contribution in [0.3, 0.4) is 0 Å². The molecule has 2 aromatic carbocycles. The number of amides is 1. The number of aromatic nitrogens is 3. The lowest BCUT2D eigenvalue weighted by Crippen LogP contribution is -2.16. The Morgan fingerprint density at radius 3 is 2.53 bits per heavy atom. The number of rotatable bonds is 7. The average Bonchev–Trinajstić information content (AvgIpc) is 3.29. The fourth-order valence-electron chi connectivity index (χ4n) is 3.44. The first-order valence-corrected chi connectivity index (χ1v) is 10.7. The predicted molar refractivity (Wildman–Crippen MR) is 122 cm³/mol. The molecular formula is C24H21ClF2N4O3. The molecule has 10 heteroatoms. The van der Waals surface area contributed by atoms with Crippen molar-refractivity contribution in [2.75, 3.05) is 5.32 Å². The van der Waals surface area contributed by atoms with Crippen molar-refractivity contribution in [3.8, 4) is 5.75 Å². The van der Waals surface area contributed by atoms with Gasteiger partial charge < -0.3 is 14.6 Å². The molecule has 0 radical (unpaired) electrons. The number of carbonyl (C=O) groups excluding carboxylic acids is 1. The summed E-state index contributed by atoms with van der Waals surface area (Å²) in [7, 11) is 0. The molecule has 0 aliphatic carbocycles. The molecule has 4 aromatic rings. The number of carbonyl (C=O) groups is 1. The number of nitrogens with one attached hydrogen (secondary N) is 1. The highest BCUT2D eigenvalue weighted by Crippen LogP contribution is 2.25. The van der Waals surface area contributed by atoms with Crippen molar-refractivity contribution in [2.24, 2.45) is 0 Å². The van der Waals surface area contributed by atoms with Crippen LogP contribution in [0.2, 0.25) is 5.02 Å². The molecule has 2 heterocycles. The van der Waals surface area contributed by atoms with Crippen molar-refractivity contribution >= 4 is 23.2 Å². The second-order valence-corrected chi connectivity index (χ2v) is 8.11. The maximum absolute atomic E-state index is 13.3. The molecule has 0 saturated carbocycles. The highest BCUT2D eigenvalue weighted by atomic mass is 35.5. The number of anilines is 1. The van der Waals surface area contributed by atoms with Gasteiger partial charge in [-0.05, 0) is 62.7 Å². The van der Waals surface area contributed by atoms with Crippen LogP contribution in [0.15, 0.2) is 47.0 Å². The molecule has 34 heavy (non-hydrogen) atoms. The number of hydrogen-bond donors (Lipinski definition) is 1. The van der Waals surface area contributed by atoms with Gasteiger partial charge in [-0.25, -0.2) is 8.78 Å². The zero-order valence-electron chi connectivity index (χ0n) is 18.7. The summed E-state index contributed by atoms with van der Waals surface area (Å²) in [4.78, 5) is 13.0. The maximum Gasteiger partial charge on any atom is 0.278 e. The molecule has 4 rings (SSSR count). The summed E-state index contributed by atoms with van der Waals surface area (Å²) >= 11 is 6.14. The SMILES string of the molecule is Cc1nn(Cc2ccc(F)cc2Cl)c(C)c1NC(=O)c1noc(C)c1COc1ccc(F)cc1. The van der Waals surface area contributed by atoms with Gasteiger partial charge in [0.2, 0.25) is 0 Å². The second-order valence-electron chi connectivity index (χ2n) is 7.70. The molecule has 0 saturated heterocycles. The molecule has 0 aliphatic heterocycles. The van der Waals surface area contributed by atoms with E-state index < -0.39 is 11.7 Å². The summed E-state index contributed by atoms with van der Waals surface area (Å²) in [5, 5.41) is 11.5. The van der Waals surface area contributed by atoms with Gasteiger partial charge in [0.15, 0.2) is 5.69 Å². The number of nitrogens with zero attached hydrogens (tertiary/aromatic N) is 3. The summed E-state index contributed by atoms with van der Waals surface area (Å²) in [5.74, 6) is -0.401. The minimum atomic E-state index is -0.486. The van der Waals surface area contributed by atoms with Crippen molar-refractivity contribution in [1.82, 2.24) is 14.9 Å². The predicted octanol–water partition coefficient (Wildman–Crippen LogP) is 5.61. The summed E-state index contributed by atoms with van der Waals surface area (Å²) in [6.07, 6.45) is 0. The summed E-state index contributed by atoms with van der Waals surface area (Å²) in [5.41, 5.74) is 3.05. The van der Waals surface area contributed by atoms with Gasteiger partial charge in [-0.1, -0.05) is 22.8 Å². The van der Waals surface area contributed by atoms with Crippen molar-refractivity contribution in [3.05, 3.63) is 93.1 Å². The van der Waals surface area contributed by atoms with Crippen molar-refractivity contribution in [3.63, 3.8) is 0 Å². The number of benzene rings is 2. The number of halogens is 3. The van der Waals surface area contributed by atoms with Crippen LogP contribution < -0.4 is 10.1 Å². The zero-order chi connectivity index (χ0) is 24.4. The van der Waals surface area contributed by atoms with Crippen LogP contribution in [-0.4, -0.2) is 20.8 Å². The summed E-state index contributed by atoms with van der Waals surface area (Å²) in [6.45, 7) is 5.57. The minimum absolute atomic E-state index is 0.0179. The molecule has 0 bridgehead atoms. The molecule has 7 nitrogen and oxygen atoms in total. The highest BCUT2D eigenvalue weighted by Gasteiger charge is 2.23. The molecule has 1 N–H and O–H groups in total. The Bertz CT molecular complexity index is 1350. The van der Waals surface area contributed by atoms with Gasteiger partial charge in [0.05, 0.1) is 29.2 Å². The van der Waals surface area contributed by atoms with Crippen LogP contribution >= 0.6 is 11.6 Å². The Labute approximate surface area is 199 Å². The van der Waals surface area contributed by atoms with Crippen LogP contribution in [-0.2, 0) is 13.2 Å². The zero-order valence-corrected chi connectivity index (χ0v) is 19.4. The first kappa shape index (κ1) is 23.4. The largest absolute Gasteiger partial charge is 0.489 e. The Balaban J connectivity index is 1.51. The Hall–Kier alpha value is -3.72. The highest BCUT2D eigenvalue weighted by molar-refractivity contribution is 6.31. The van der Waals surface area contributed by atoms with E-state index in [9.17, 15) is 13.6 Å². The van der Waals surface area contributed by atoms with E-state index in [-0.39, 0.29) is 18.1 Å². The van der Waals surface area contributed by atoms with Crippen molar-refractivity contribution < 1.29 is 22.8 Å². The molecular weight excluding hydrogens is 466 g/mol. The van der Waals surface area contributed by atoms with Crippen LogP contribution in [0.25, 0.3) is 0 Å². The average molecular weight is 487 g/mol. The summed E-state index contributed by atoms with van der Waals surface area (Å²) < 4.78 is 39.0. The molecule has 0 unspecified atom stereocenters. The van der Waals surface area contributed by atoms with Gasteiger partial charge in [0.1, 0.15) is 29.8 Å². The summed E-state index contributed by atoms with van der Waals surface area (Å²) in [6, 6.07) is 9.72. The Morgan fingerprint density at radius 1 is 1.12 bits per heavy atom. The van der Waals surface area contributed by atoms with E-state index in [0.29, 0.717) is 51.3 Å². The first-order valence-electron chi connectivity index (χ1n) is 10.4. The Kier molecular flexibility index (Phi) is 6.65. The minimum Gasteiger partial charge on any atom is -0.489 e. The van der Waals surface area contributed by atoms with Gasteiger partial charge >= 0.3 is 0 Å².